The van der Waals surface area contributed by atoms with Crippen LogP contribution in [0.3, 0.4) is 0 Å². The van der Waals surface area contributed by atoms with Crippen LogP contribution in [0.1, 0.15) is 24.8 Å². The number of carbonyl (C=O) groups is 3. The number of ether oxygens (including phenoxy) is 1. The average Bonchev–Trinajstić information content (AvgIpc) is 3.32. The van der Waals surface area contributed by atoms with Gasteiger partial charge >= 0.3 is 6.16 Å². The van der Waals surface area contributed by atoms with E-state index in [0.717, 1.165) is 24.0 Å². The Morgan fingerprint density at radius 1 is 1.20 bits per heavy atom. The van der Waals surface area contributed by atoms with Gasteiger partial charge in [0.1, 0.15) is 6.04 Å². The van der Waals surface area contributed by atoms with Gasteiger partial charge in [-0.2, -0.15) is 0 Å². The van der Waals surface area contributed by atoms with E-state index in [1.165, 1.54) is 12.2 Å². The minimum atomic E-state index is -1.04. The normalized spacial score (nSPS) is 24.9. The van der Waals surface area contributed by atoms with Crippen LogP contribution in [0, 0.1) is 11.3 Å². The number of hydrogen-bond donors (Lipinski definition) is 2. The number of methoxy groups -OCH3 is 1. The fourth-order valence-corrected chi connectivity index (χ4v) is 4.42. The Morgan fingerprint density at radius 2 is 1.93 bits per heavy atom. The first kappa shape index (κ1) is 20.4. The van der Waals surface area contributed by atoms with Gasteiger partial charge in [-0.3, -0.25) is 14.8 Å². The largest absolute Gasteiger partial charge is 0.527 e. The molecule has 1 aromatic carbocycles. The summed E-state index contributed by atoms with van der Waals surface area (Å²) in [7, 11) is 1.18. The Kier molecular flexibility index (Phi) is 5.48. The molecule has 1 spiro atoms. The second-order valence-electron chi connectivity index (χ2n) is 8.17. The molecule has 4 rings (SSSR count). The van der Waals surface area contributed by atoms with Gasteiger partial charge in [-0.1, -0.05) is 36.4 Å². The predicted octanol–water partition coefficient (Wildman–Crippen LogP) is 1.59. The Morgan fingerprint density at radius 3 is 2.57 bits per heavy atom. The summed E-state index contributed by atoms with van der Waals surface area (Å²) in [4.78, 5) is 44.7. The lowest BCUT2D eigenvalue weighted by Crippen LogP contribution is -2.60. The molecular weight excluding hydrogens is 390 g/mol. The van der Waals surface area contributed by atoms with E-state index in [-0.39, 0.29) is 11.3 Å². The van der Waals surface area contributed by atoms with E-state index < -0.39 is 24.0 Å². The van der Waals surface area contributed by atoms with Crippen LogP contribution in [0.15, 0.2) is 36.4 Å². The lowest BCUT2D eigenvalue weighted by Gasteiger charge is -2.42. The van der Waals surface area contributed by atoms with Gasteiger partial charge < -0.3 is 14.5 Å². The van der Waals surface area contributed by atoms with Crippen molar-refractivity contribution in [2.75, 3.05) is 26.7 Å². The van der Waals surface area contributed by atoms with Gasteiger partial charge in [-0.25, -0.2) is 10.3 Å². The van der Waals surface area contributed by atoms with Gasteiger partial charge in [0.2, 0.25) is 11.8 Å². The van der Waals surface area contributed by atoms with E-state index in [9.17, 15) is 19.6 Å². The van der Waals surface area contributed by atoms with Crippen molar-refractivity contribution in [2.24, 2.45) is 11.3 Å². The molecule has 0 aromatic heterocycles. The first-order valence-corrected chi connectivity index (χ1v) is 9.96. The zero-order valence-electron chi connectivity index (χ0n) is 16.7. The summed E-state index contributed by atoms with van der Waals surface area (Å²) < 4.78 is 4.60. The second-order valence-corrected chi connectivity index (χ2v) is 8.17. The summed E-state index contributed by atoms with van der Waals surface area (Å²) in [5.74, 6) is -1.83. The van der Waals surface area contributed by atoms with Crippen molar-refractivity contribution in [3.8, 4) is 0 Å². The minimum absolute atomic E-state index is 0.194. The number of hydrogen-bond acceptors (Lipinski definition) is 7. The quantitative estimate of drug-likeness (QED) is 0.437. The van der Waals surface area contributed by atoms with Crippen LogP contribution in [0.5, 0.6) is 0 Å². The zero-order valence-corrected chi connectivity index (χ0v) is 16.7. The fourth-order valence-electron chi connectivity index (χ4n) is 4.42. The maximum Gasteiger partial charge on any atom is 0.527 e. The SMILES string of the molecule is COC(=O)ON1CC2(CC2)CC(C(=O)NO)C1C(=O)N1CC=C(c2ccccc2)C1. The summed E-state index contributed by atoms with van der Waals surface area (Å²) in [6, 6.07) is 8.72. The molecule has 1 saturated carbocycles. The highest BCUT2D eigenvalue weighted by Crippen LogP contribution is 2.55. The van der Waals surface area contributed by atoms with E-state index in [2.05, 4.69) is 4.74 Å². The predicted molar refractivity (Wildman–Crippen MR) is 105 cm³/mol. The number of hydroxylamine groups is 3. The number of nitrogens with zero attached hydrogens (tertiary/aromatic N) is 2. The Labute approximate surface area is 174 Å². The van der Waals surface area contributed by atoms with Crippen molar-refractivity contribution in [2.45, 2.75) is 25.3 Å². The summed E-state index contributed by atoms with van der Waals surface area (Å²) in [6.45, 7) is 1.13. The molecule has 1 aliphatic carbocycles. The van der Waals surface area contributed by atoms with E-state index in [0.29, 0.717) is 26.1 Å². The zero-order chi connectivity index (χ0) is 21.3. The molecule has 0 radical (unpaired) electrons. The highest BCUT2D eigenvalue weighted by Gasteiger charge is 2.57. The molecule has 2 amide bonds. The van der Waals surface area contributed by atoms with Crippen LogP contribution in [-0.2, 0) is 19.2 Å². The maximum atomic E-state index is 13.5. The van der Waals surface area contributed by atoms with Crippen LogP contribution in [0.4, 0.5) is 4.79 Å². The molecule has 0 bridgehead atoms. The van der Waals surface area contributed by atoms with Crippen molar-refractivity contribution in [3.63, 3.8) is 0 Å². The first-order chi connectivity index (χ1) is 14.5. The summed E-state index contributed by atoms with van der Waals surface area (Å²) in [5, 5.41) is 10.5. The highest BCUT2D eigenvalue weighted by atomic mass is 16.8. The van der Waals surface area contributed by atoms with Gasteiger partial charge in [0.15, 0.2) is 0 Å². The van der Waals surface area contributed by atoms with E-state index >= 15 is 0 Å². The van der Waals surface area contributed by atoms with Crippen LogP contribution in [0.2, 0.25) is 0 Å². The van der Waals surface area contributed by atoms with Gasteiger partial charge in [-0.05, 0) is 35.8 Å². The third-order valence-corrected chi connectivity index (χ3v) is 6.23. The smallest absolute Gasteiger partial charge is 0.436 e. The number of rotatable bonds is 4. The molecule has 9 nitrogen and oxygen atoms in total. The standard InChI is InChI=1S/C21H25N3O6/c1-29-20(27)30-24-13-21(8-9-21)11-16(18(25)22-28)17(24)19(26)23-10-7-15(12-23)14-5-3-2-4-6-14/h2-7,16-17,28H,8-13H2,1H3,(H,22,25). The Bertz CT molecular complexity index is 867. The number of amides is 2. The maximum absolute atomic E-state index is 13.5. The van der Waals surface area contributed by atoms with Gasteiger partial charge in [-0.15, -0.1) is 5.06 Å². The molecule has 2 atom stereocenters. The third kappa shape index (κ3) is 3.90. The lowest BCUT2D eigenvalue weighted by molar-refractivity contribution is -0.203. The molecule has 30 heavy (non-hydrogen) atoms. The molecular formula is C21H25N3O6. The number of piperidine rings is 1. The van der Waals surface area contributed by atoms with Crippen LogP contribution in [-0.4, -0.2) is 65.9 Å². The van der Waals surface area contributed by atoms with Crippen molar-refractivity contribution in [1.82, 2.24) is 15.4 Å². The van der Waals surface area contributed by atoms with Crippen LogP contribution < -0.4 is 5.48 Å². The van der Waals surface area contributed by atoms with Gasteiger partial charge in [0.05, 0.1) is 13.0 Å². The molecule has 2 unspecified atom stereocenters. The van der Waals surface area contributed by atoms with Gasteiger partial charge in [0.25, 0.3) is 0 Å². The van der Waals surface area contributed by atoms with Gasteiger partial charge in [0, 0.05) is 19.6 Å². The average molecular weight is 415 g/mol. The lowest BCUT2D eigenvalue weighted by atomic mass is 9.81. The van der Waals surface area contributed by atoms with Crippen molar-refractivity contribution < 1.29 is 29.2 Å². The molecule has 9 heteroatoms. The van der Waals surface area contributed by atoms with Crippen LogP contribution >= 0.6 is 0 Å². The molecule has 2 heterocycles. The molecule has 2 fully saturated rings. The van der Waals surface area contributed by atoms with Crippen molar-refractivity contribution in [1.29, 1.82) is 0 Å². The third-order valence-electron chi connectivity index (χ3n) is 6.23. The second kappa shape index (κ2) is 8.08. The number of carbonyl (C=O) groups excluding carboxylic acids is 3. The highest BCUT2D eigenvalue weighted by molar-refractivity contribution is 5.92. The Balaban J connectivity index is 1.56. The number of benzene rings is 1. The number of nitrogens with one attached hydrogen (secondary N) is 1. The summed E-state index contributed by atoms with van der Waals surface area (Å²) >= 11 is 0. The molecule has 2 aliphatic heterocycles. The van der Waals surface area contributed by atoms with E-state index in [1.54, 1.807) is 10.4 Å². The molecule has 3 aliphatic rings. The first-order valence-electron chi connectivity index (χ1n) is 9.96. The molecule has 1 aromatic rings. The summed E-state index contributed by atoms with van der Waals surface area (Å²) in [6.07, 6.45) is 3.22. The monoisotopic (exact) mass is 415 g/mol. The molecule has 2 N–H and O–H groups in total. The fraction of sp³-hybridized carbons (Fsp3) is 0.476. The molecule has 160 valence electrons. The van der Waals surface area contributed by atoms with E-state index in [4.69, 9.17) is 4.84 Å². The minimum Gasteiger partial charge on any atom is -0.436 e. The topological polar surface area (TPSA) is 108 Å². The van der Waals surface area contributed by atoms with Crippen molar-refractivity contribution in [3.05, 3.63) is 42.0 Å². The Hall–Kier alpha value is -2.91. The molecule has 1 saturated heterocycles. The summed E-state index contributed by atoms with van der Waals surface area (Å²) in [5.41, 5.74) is 3.53. The van der Waals surface area contributed by atoms with Crippen molar-refractivity contribution >= 4 is 23.5 Å². The van der Waals surface area contributed by atoms with E-state index in [1.807, 2.05) is 36.4 Å². The van der Waals surface area contributed by atoms with Crippen LogP contribution in [0.25, 0.3) is 5.57 Å².